The lowest BCUT2D eigenvalue weighted by molar-refractivity contribution is -0.137. The molecule has 0 aliphatic carbocycles. The summed E-state index contributed by atoms with van der Waals surface area (Å²) in [4.78, 5) is 11.7. The summed E-state index contributed by atoms with van der Waals surface area (Å²) in [6.45, 7) is 4.81. The van der Waals surface area contributed by atoms with Crippen LogP contribution in [0.2, 0.25) is 0 Å². The second-order valence-corrected chi connectivity index (χ2v) is 5.02. The highest BCUT2D eigenvalue weighted by Gasteiger charge is 2.38. The Morgan fingerprint density at radius 3 is 2.13 bits per heavy atom. The summed E-state index contributed by atoms with van der Waals surface area (Å²) in [6, 6.07) is 0. The number of Topliss-reactive ketones (excluding diaryl/α,β-unsaturated/α-hetero) is 1. The van der Waals surface area contributed by atoms with Crippen LogP contribution in [0.15, 0.2) is 10.8 Å². The molecule has 0 aliphatic rings. The standard InChI is InChI=1S/C10H11F3OS/c1-9(2,3)8(14)6-4-15-5-7(6)10(11,12)13/h4-5H,1-3H3. The normalized spacial score (nSPS) is 12.9. The Hall–Kier alpha value is -0.840. The number of hydrogen-bond acceptors (Lipinski definition) is 2. The first-order valence-corrected chi connectivity index (χ1v) is 5.26. The van der Waals surface area contributed by atoms with Gasteiger partial charge in [-0.2, -0.15) is 24.5 Å². The van der Waals surface area contributed by atoms with Crippen molar-refractivity contribution in [2.24, 2.45) is 5.41 Å². The second-order valence-electron chi connectivity index (χ2n) is 4.28. The predicted molar refractivity (Wildman–Crippen MR) is 53.1 cm³/mol. The van der Waals surface area contributed by atoms with Crippen LogP contribution >= 0.6 is 11.3 Å². The molecule has 0 aromatic carbocycles. The zero-order valence-corrected chi connectivity index (χ0v) is 9.42. The molecule has 0 N–H and O–H groups in total. The molecule has 0 saturated heterocycles. The molecule has 1 rings (SSSR count). The molecule has 84 valence electrons. The maximum absolute atomic E-state index is 12.5. The molecule has 0 aliphatic heterocycles. The third-order valence-corrected chi connectivity index (χ3v) is 2.64. The summed E-state index contributed by atoms with van der Waals surface area (Å²) in [5, 5.41) is 2.23. The largest absolute Gasteiger partial charge is 0.417 e. The first kappa shape index (κ1) is 12.2. The van der Waals surface area contributed by atoms with E-state index in [1.807, 2.05) is 0 Å². The molecule has 1 heterocycles. The van der Waals surface area contributed by atoms with Crippen LogP contribution in [-0.2, 0) is 6.18 Å². The van der Waals surface area contributed by atoms with Gasteiger partial charge in [-0.15, -0.1) is 0 Å². The van der Waals surface area contributed by atoms with Gasteiger partial charge in [-0.05, 0) is 0 Å². The summed E-state index contributed by atoms with van der Waals surface area (Å²) < 4.78 is 37.5. The molecule has 0 atom stereocenters. The minimum absolute atomic E-state index is 0.222. The minimum atomic E-state index is -4.45. The smallest absolute Gasteiger partial charge is 0.294 e. The van der Waals surface area contributed by atoms with E-state index < -0.39 is 22.9 Å². The van der Waals surface area contributed by atoms with Crippen LogP contribution < -0.4 is 0 Å². The van der Waals surface area contributed by atoms with Gasteiger partial charge in [0.2, 0.25) is 0 Å². The minimum Gasteiger partial charge on any atom is -0.294 e. The fraction of sp³-hybridized carbons (Fsp3) is 0.500. The van der Waals surface area contributed by atoms with Gasteiger partial charge in [-0.3, -0.25) is 4.79 Å². The van der Waals surface area contributed by atoms with E-state index in [4.69, 9.17) is 0 Å². The van der Waals surface area contributed by atoms with Gasteiger partial charge in [-0.25, -0.2) is 0 Å². The third-order valence-electron chi connectivity index (χ3n) is 1.89. The van der Waals surface area contributed by atoms with E-state index in [2.05, 4.69) is 0 Å². The molecule has 0 radical (unpaired) electrons. The Bertz CT molecular complexity index is 371. The molecule has 0 fully saturated rings. The van der Waals surface area contributed by atoms with Crippen LogP contribution in [0.25, 0.3) is 0 Å². The number of carbonyl (C=O) groups is 1. The van der Waals surface area contributed by atoms with E-state index in [1.165, 1.54) is 5.38 Å². The highest BCUT2D eigenvalue weighted by molar-refractivity contribution is 7.08. The summed E-state index contributed by atoms with van der Waals surface area (Å²) in [6.07, 6.45) is -4.45. The molecule has 0 spiro atoms. The van der Waals surface area contributed by atoms with Crippen molar-refractivity contribution in [3.63, 3.8) is 0 Å². The zero-order chi connectivity index (χ0) is 11.9. The monoisotopic (exact) mass is 236 g/mol. The number of alkyl halides is 3. The molecule has 15 heavy (non-hydrogen) atoms. The maximum atomic E-state index is 12.5. The van der Waals surface area contributed by atoms with Gasteiger partial charge >= 0.3 is 6.18 Å². The Kier molecular flexibility index (Phi) is 2.96. The predicted octanol–water partition coefficient (Wildman–Crippen LogP) is 4.00. The van der Waals surface area contributed by atoms with Crippen LogP contribution in [0, 0.1) is 5.41 Å². The van der Waals surface area contributed by atoms with E-state index in [9.17, 15) is 18.0 Å². The summed E-state index contributed by atoms with van der Waals surface area (Å²) >= 11 is 0.897. The molecule has 0 bridgehead atoms. The van der Waals surface area contributed by atoms with Crippen molar-refractivity contribution in [2.45, 2.75) is 26.9 Å². The summed E-state index contributed by atoms with van der Waals surface area (Å²) in [7, 11) is 0. The van der Waals surface area contributed by atoms with Crippen LogP contribution in [0.1, 0.15) is 36.7 Å². The van der Waals surface area contributed by atoms with Crippen molar-refractivity contribution in [3.05, 3.63) is 21.9 Å². The molecular weight excluding hydrogens is 225 g/mol. The average Bonchev–Trinajstić information content (AvgIpc) is 2.47. The molecule has 0 unspecified atom stereocenters. The van der Waals surface area contributed by atoms with E-state index in [0.717, 1.165) is 16.7 Å². The molecule has 1 aromatic heterocycles. The first-order valence-electron chi connectivity index (χ1n) is 4.32. The van der Waals surface area contributed by atoms with E-state index >= 15 is 0 Å². The zero-order valence-electron chi connectivity index (χ0n) is 8.61. The van der Waals surface area contributed by atoms with Gasteiger partial charge in [0.1, 0.15) is 0 Å². The molecule has 1 aromatic rings. The lowest BCUT2D eigenvalue weighted by Gasteiger charge is -2.17. The molecule has 1 nitrogen and oxygen atoms in total. The average molecular weight is 236 g/mol. The van der Waals surface area contributed by atoms with Gasteiger partial charge in [0.25, 0.3) is 0 Å². The van der Waals surface area contributed by atoms with Crippen molar-refractivity contribution in [1.29, 1.82) is 0 Å². The number of thiophene rings is 1. The van der Waals surface area contributed by atoms with Crippen LogP contribution in [-0.4, -0.2) is 5.78 Å². The Morgan fingerprint density at radius 1 is 1.20 bits per heavy atom. The van der Waals surface area contributed by atoms with E-state index in [0.29, 0.717) is 0 Å². The van der Waals surface area contributed by atoms with Crippen molar-refractivity contribution in [2.75, 3.05) is 0 Å². The van der Waals surface area contributed by atoms with E-state index in [1.54, 1.807) is 20.8 Å². The van der Waals surface area contributed by atoms with Gasteiger partial charge in [-0.1, -0.05) is 20.8 Å². The quantitative estimate of drug-likeness (QED) is 0.674. The SMILES string of the molecule is CC(C)(C)C(=O)c1cscc1C(F)(F)F. The van der Waals surface area contributed by atoms with Crippen molar-refractivity contribution >= 4 is 17.1 Å². The molecular formula is C10H11F3OS. The fourth-order valence-corrected chi connectivity index (χ4v) is 1.93. The fourth-order valence-electron chi connectivity index (χ4n) is 1.10. The van der Waals surface area contributed by atoms with Crippen molar-refractivity contribution in [1.82, 2.24) is 0 Å². The lowest BCUT2D eigenvalue weighted by atomic mass is 9.86. The number of carbonyl (C=O) groups excluding carboxylic acids is 1. The lowest BCUT2D eigenvalue weighted by Crippen LogP contribution is -2.22. The number of halogens is 3. The topological polar surface area (TPSA) is 17.1 Å². The molecule has 0 amide bonds. The van der Waals surface area contributed by atoms with Crippen LogP contribution in [0.3, 0.4) is 0 Å². The highest BCUT2D eigenvalue weighted by atomic mass is 32.1. The Labute approximate surface area is 89.9 Å². The van der Waals surface area contributed by atoms with E-state index in [-0.39, 0.29) is 5.56 Å². The van der Waals surface area contributed by atoms with Crippen molar-refractivity contribution < 1.29 is 18.0 Å². The molecule has 5 heteroatoms. The second kappa shape index (κ2) is 3.63. The van der Waals surface area contributed by atoms with Crippen LogP contribution in [0.4, 0.5) is 13.2 Å². The van der Waals surface area contributed by atoms with Gasteiger partial charge in [0.05, 0.1) is 5.56 Å². The van der Waals surface area contributed by atoms with Gasteiger partial charge < -0.3 is 0 Å². The number of rotatable bonds is 1. The third kappa shape index (κ3) is 2.59. The summed E-state index contributed by atoms with van der Waals surface area (Å²) in [5.41, 5.74) is -1.84. The number of hydrogen-bond donors (Lipinski definition) is 0. The van der Waals surface area contributed by atoms with Crippen LogP contribution in [0.5, 0.6) is 0 Å². The number of ketones is 1. The Balaban J connectivity index is 3.18. The van der Waals surface area contributed by atoms with Crippen molar-refractivity contribution in [3.8, 4) is 0 Å². The highest BCUT2D eigenvalue weighted by Crippen LogP contribution is 2.36. The van der Waals surface area contributed by atoms with Gasteiger partial charge in [0.15, 0.2) is 5.78 Å². The molecule has 0 saturated carbocycles. The van der Waals surface area contributed by atoms with Gasteiger partial charge in [0, 0.05) is 21.7 Å². The maximum Gasteiger partial charge on any atom is 0.417 e. The summed E-state index contributed by atoms with van der Waals surface area (Å²) in [5.74, 6) is -0.476. The Morgan fingerprint density at radius 2 is 1.73 bits per heavy atom. The first-order chi connectivity index (χ1) is 6.64.